The molecule has 2 fully saturated rings. The van der Waals surface area contributed by atoms with E-state index in [0.29, 0.717) is 22.8 Å². The van der Waals surface area contributed by atoms with Gasteiger partial charge in [-0.2, -0.15) is 11.8 Å². The van der Waals surface area contributed by atoms with Gasteiger partial charge in [-0.3, -0.25) is 4.98 Å². The van der Waals surface area contributed by atoms with Crippen molar-refractivity contribution in [1.82, 2.24) is 9.88 Å². The summed E-state index contributed by atoms with van der Waals surface area (Å²) in [7, 11) is 1.63. The quantitative estimate of drug-likeness (QED) is 0.372. The fourth-order valence-electron chi connectivity index (χ4n) is 5.55. The molecule has 1 atom stereocenters. The summed E-state index contributed by atoms with van der Waals surface area (Å²) in [6.45, 7) is 3.38. The third-order valence-electron chi connectivity index (χ3n) is 7.88. The number of rotatable bonds is 11. The number of fused-ring (bicyclic) bond motifs is 1. The summed E-state index contributed by atoms with van der Waals surface area (Å²) in [6.07, 6.45) is 11.1. The molecule has 0 amide bonds. The van der Waals surface area contributed by atoms with Gasteiger partial charge in [0, 0.05) is 29.0 Å². The first-order chi connectivity index (χ1) is 16.5. The molecule has 7 heteroatoms. The Kier molecular flexibility index (Phi) is 9.39. The zero-order valence-corrected chi connectivity index (χ0v) is 21.9. The summed E-state index contributed by atoms with van der Waals surface area (Å²) >= 11 is 8.66. The molecule has 1 aliphatic heterocycles. The lowest BCUT2D eigenvalue weighted by Crippen LogP contribution is -2.42. The van der Waals surface area contributed by atoms with Crippen LogP contribution in [0.3, 0.4) is 0 Å². The molecule has 1 saturated heterocycles. The van der Waals surface area contributed by atoms with Gasteiger partial charge in [0.2, 0.25) is 0 Å². The number of likely N-dealkylation sites (tertiary alicyclic amines) is 1. The third kappa shape index (κ3) is 6.38. The number of ether oxygens (including phenoxy) is 1. The highest BCUT2D eigenvalue weighted by atomic mass is 35.5. The summed E-state index contributed by atoms with van der Waals surface area (Å²) in [5, 5.41) is 23.6. The van der Waals surface area contributed by atoms with Crippen molar-refractivity contribution >= 4 is 34.3 Å². The van der Waals surface area contributed by atoms with Crippen LogP contribution in [0.25, 0.3) is 10.9 Å². The molecule has 0 unspecified atom stereocenters. The molecule has 0 spiro atoms. The summed E-state index contributed by atoms with van der Waals surface area (Å²) in [5.41, 5.74) is 1.37. The number of aliphatic hydroxyl groups is 2. The summed E-state index contributed by atoms with van der Waals surface area (Å²) in [4.78, 5) is 6.95. The predicted octanol–water partition coefficient (Wildman–Crippen LogP) is 5.85. The maximum atomic E-state index is 11.1. The van der Waals surface area contributed by atoms with Gasteiger partial charge in [-0.1, -0.05) is 24.4 Å². The van der Waals surface area contributed by atoms with Crippen LogP contribution < -0.4 is 4.74 Å². The molecule has 2 N–H and O–H groups in total. The molecule has 2 aliphatic rings. The number of halogens is 1. The minimum absolute atomic E-state index is 0.122. The highest BCUT2D eigenvalue weighted by molar-refractivity contribution is 7.99. The smallest absolute Gasteiger partial charge is 0.119 e. The highest BCUT2D eigenvalue weighted by Crippen LogP contribution is 2.40. The average molecular weight is 507 g/mol. The standard InChI is InChI=1S/C27H39ClN2O3S/c1-33-20-7-8-24-22(17-20)26(23(28)18-29-24)25(32)9-10-27(19-31)11-14-30(15-12-27)13-4-16-34-21-5-2-3-6-21/h7-8,17-18,21,25,31-32H,2-6,9-16,19H2,1H3/t25-/m0/s1. The summed E-state index contributed by atoms with van der Waals surface area (Å²) in [5.74, 6) is 1.98. The average Bonchev–Trinajstić information content (AvgIpc) is 3.39. The largest absolute Gasteiger partial charge is 0.497 e. The van der Waals surface area contributed by atoms with Crippen molar-refractivity contribution in [1.29, 1.82) is 0 Å². The van der Waals surface area contributed by atoms with E-state index in [-0.39, 0.29) is 12.0 Å². The molecule has 2 aromatic rings. The Morgan fingerprint density at radius 1 is 1.26 bits per heavy atom. The van der Waals surface area contributed by atoms with Crippen LogP contribution in [0.1, 0.15) is 69.5 Å². The van der Waals surface area contributed by atoms with E-state index in [0.717, 1.165) is 55.0 Å². The van der Waals surface area contributed by atoms with Gasteiger partial charge in [0.25, 0.3) is 0 Å². The highest BCUT2D eigenvalue weighted by Gasteiger charge is 2.34. The number of piperidine rings is 1. The van der Waals surface area contributed by atoms with E-state index in [1.165, 1.54) is 37.9 Å². The van der Waals surface area contributed by atoms with Crippen LogP contribution in [0.2, 0.25) is 5.02 Å². The molecular weight excluding hydrogens is 468 g/mol. The molecule has 4 rings (SSSR count). The van der Waals surface area contributed by atoms with Gasteiger partial charge >= 0.3 is 0 Å². The number of benzene rings is 1. The zero-order chi connectivity index (χ0) is 24.0. The molecule has 188 valence electrons. The third-order valence-corrected chi connectivity index (χ3v) is 9.64. The van der Waals surface area contributed by atoms with Crippen LogP contribution in [0, 0.1) is 5.41 Å². The molecule has 1 saturated carbocycles. The van der Waals surface area contributed by atoms with Crippen LogP contribution in [-0.4, -0.2) is 64.5 Å². The van der Waals surface area contributed by atoms with E-state index in [1.807, 2.05) is 18.2 Å². The first-order valence-electron chi connectivity index (χ1n) is 12.8. The number of aliphatic hydroxyl groups excluding tert-OH is 2. The van der Waals surface area contributed by atoms with Gasteiger partial charge in [0.15, 0.2) is 0 Å². The Morgan fingerprint density at radius 2 is 2.03 bits per heavy atom. The van der Waals surface area contributed by atoms with Crippen molar-refractivity contribution in [3.63, 3.8) is 0 Å². The van der Waals surface area contributed by atoms with E-state index < -0.39 is 6.10 Å². The van der Waals surface area contributed by atoms with Crippen LogP contribution in [0.4, 0.5) is 0 Å². The Morgan fingerprint density at radius 3 is 2.74 bits per heavy atom. The maximum absolute atomic E-state index is 11.1. The van der Waals surface area contributed by atoms with Crippen molar-refractivity contribution in [3.8, 4) is 5.75 Å². The van der Waals surface area contributed by atoms with E-state index >= 15 is 0 Å². The summed E-state index contributed by atoms with van der Waals surface area (Å²) in [6, 6.07) is 5.64. The first-order valence-corrected chi connectivity index (χ1v) is 14.2. The molecule has 1 aliphatic carbocycles. The minimum atomic E-state index is -0.709. The van der Waals surface area contributed by atoms with Gasteiger partial charge in [0.05, 0.1) is 23.8 Å². The number of hydrogen-bond donors (Lipinski definition) is 2. The lowest BCUT2D eigenvalue weighted by molar-refractivity contribution is 0.0238. The van der Waals surface area contributed by atoms with E-state index in [9.17, 15) is 10.2 Å². The molecular formula is C27H39ClN2O3S. The van der Waals surface area contributed by atoms with Gasteiger partial charge in [-0.25, -0.2) is 0 Å². The number of methoxy groups -OCH3 is 1. The van der Waals surface area contributed by atoms with Gasteiger partial charge in [0.1, 0.15) is 5.75 Å². The number of nitrogens with zero attached hydrogens (tertiary/aromatic N) is 2. The zero-order valence-electron chi connectivity index (χ0n) is 20.3. The van der Waals surface area contributed by atoms with Crippen molar-refractivity contribution in [3.05, 3.63) is 35.0 Å². The number of thioether (sulfide) groups is 1. The number of hydrogen-bond acceptors (Lipinski definition) is 6. The van der Waals surface area contributed by atoms with Gasteiger partial charge in [-0.05, 0) is 93.9 Å². The van der Waals surface area contributed by atoms with Crippen molar-refractivity contribution in [2.24, 2.45) is 5.41 Å². The van der Waals surface area contributed by atoms with Crippen LogP contribution in [0.15, 0.2) is 24.4 Å². The minimum Gasteiger partial charge on any atom is -0.497 e. The SMILES string of the molecule is COc1ccc2ncc(Cl)c([C@@H](O)CCC3(CO)CCN(CCCSC4CCCC4)CC3)c2c1. The molecule has 5 nitrogen and oxygen atoms in total. The molecule has 0 bridgehead atoms. The number of aromatic nitrogens is 1. The van der Waals surface area contributed by atoms with E-state index in [1.54, 1.807) is 13.3 Å². The second kappa shape index (κ2) is 12.3. The van der Waals surface area contributed by atoms with Crippen LogP contribution in [0.5, 0.6) is 5.75 Å². The van der Waals surface area contributed by atoms with Gasteiger partial charge < -0.3 is 19.8 Å². The molecule has 34 heavy (non-hydrogen) atoms. The number of pyridine rings is 1. The lowest BCUT2D eigenvalue weighted by atomic mass is 9.74. The Bertz CT molecular complexity index is 929. The molecule has 0 radical (unpaired) electrons. The Labute approximate surface area is 213 Å². The Hall–Kier alpha value is -1.05. The first kappa shape index (κ1) is 26.0. The Balaban J connectivity index is 1.30. The second-order valence-electron chi connectivity index (χ2n) is 10.1. The molecule has 2 heterocycles. The normalized spacial score (nSPS) is 20.1. The monoisotopic (exact) mass is 506 g/mol. The lowest BCUT2D eigenvalue weighted by Gasteiger charge is -2.41. The maximum Gasteiger partial charge on any atom is 0.119 e. The summed E-state index contributed by atoms with van der Waals surface area (Å²) < 4.78 is 5.36. The fourth-order valence-corrected chi connectivity index (χ4v) is 7.12. The topological polar surface area (TPSA) is 65.8 Å². The van der Waals surface area contributed by atoms with Crippen molar-refractivity contribution in [2.45, 2.75) is 69.1 Å². The molecule has 1 aromatic heterocycles. The van der Waals surface area contributed by atoms with Crippen molar-refractivity contribution < 1.29 is 14.9 Å². The van der Waals surface area contributed by atoms with Crippen LogP contribution >= 0.6 is 23.4 Å². The van der Waals surface area contributed by atoms with E-state index in [4.69, 9.17) is 16.3 Å². The van der Waals surface area contributed by atoms with Crippen LogP contribution in [-0.2, 0) is 0 Å². The van der Waals surface area contributed by atoms with Crippen molar-refractivity contribution in [2.75, 3.05) is 39.1 Å². The predicted molar refractivity (Wildman–Crippen MR) is 142 cm³/mol. The van der Waals surface area contributed by atoms with E-state index in [2.05, 4.69) is 21.6 Å². The second-order valence-corrected chi connectivity index (χ2v) is 11.9. The van der Waals surface area contributed by atoms with Gasteiger partial charge in [-0.15, -0.1) is 0 Å². The molecule has 1 aromatic carbocycles. The fraction of sp³-hybridized carbons (Fsp3) is 0.667.